The molecule has 0 radical (unpaired) electrons. The molecule has 0 saturated heterocycles. The van der Waals surface area contributed by atoms with E-state index >= 15 is 0 Å². The van der Waals surface area contributed by atoms with Crippen molar-refractivity contribution in [2.75, 3.05) is 0 Å². The lowest BCUT2D eigenvalue weighted by atomic mass is 10.1. The van der Waals surface area contributed by atoms with Crippen LogP contribution in [-0.4, -0.2) is 16.2 Å². The average Bonchev–Trinajstić information content (AvgIpc) is 1.93. The maximum Gasteiger partial charge on any atom is 0.212 e. The standard InChI is InChI=1S/C8H10FNO/c1-6(11)4-7-2-3-8(9)10-5-7/h2-3,5-6,11H,4H2,1H3. The molecule has 11 heavy (non-hydrogen) atoms. The van der Waals surface area contributed by atoms with E-state index in [4.69, 9.17) is 5.11 Å². The van der Waals surface area contributed by atoms with Gasteiger partial charge in [0.1, 0.15) is 0 Å². The molecular weight excluding hydrogens is 145 g/mol. The molecule has 3 heteroatoms. The van der Waals surface area contributed by atoms with Gasteiger partial charge in [0.05, 0.1) is 6.10 Å². The fraction of sp³-hybridized carbons (Fsp3) is 0.375. The van der Waals surface area contributed by atoms with Gasteiger partial charge < -0.3 is 5.11 Å². The van der Waals surface area contributed by atoms with Gasteiger partial charge in [-0.2, -0.15) is 4.39 Å². The molecular formula is C8H10FNO. The highest BCUT2D eigenvalue weighted by Gasteiger charge is 1.98. The van der Waals surface area contributed by atoms with E-state index in [1.165, 1.54) is 12.3 Å². The van der Waals surface area contributed by atoms with E-state index < -0.39 is 12.1 Å². The quantitative estimate of drug-likeness (QED) is 0.650. The van der Waals surface area contributed by atoms with Crippen molar-refractivity contribution in [3.8, 4) is 0 Å². The first kappa shape index (κ1) is 8.14. The van der Waals surface area contributed by atoms with Crippen LogP contribution in [0.2, 0.25) is 0 Å². The Morgan fingerprint density at radius 1 is 1.64 bits per heavy atom. The summed E-state index contributed by atoms with van der Waals surface area (Å²) in [7, 11) is 0. The minimum Gasteiger partial charge on any atom is -0.393 e. The number of hydrogen-bond acceptors (Lipinski definition) is 2. The zero-order valence-electron chi connectivity index (χ0n) is 6.29. The number of rotatable bonds is 2. The Morgan fingerprint density at radius 3 is 2.82 bits per heavy atom. The van der Waals surface area contributed by atoms with E-state index in [0.717, 1.165) is 5.56 Å². The number of aliphatic hydroxyl groups excluding tert-OH is 1. The van der Waals surface area contributed by atoms with Gasteiger partial charge in [-0.1, -0.05) is 6.07 Å². The zero-order valence-corrected chi connectivity index (χ0v) is 6.29. The molecule has 0 bridgehead atoms. The summed E-state index contributed by atoms with van der Waals surface area (Å²) in [5.41, 5.74) is 0.849. The molecule has 1 aromatic heterocycles. The van der Waals surface area contributed by atoms with E-state index in [9.17, 15) is 4.39 Å². The second-order valence-electron chi connectivity index (χ2n) is 2.54. The second kappa shape index (κ2) is 3.44. The Hall–Kier alpha value is -0.960. The summed E-state index contributed by atoms with van der Waals surface area (Å²) >= 11 is 0. The van der Waals surface area contributed by atoms with Gasteiger partial charge in [-0.15, -0.1) is 0 Å². The summed E-state index contributed by atoms with van der Waals surface area (Å²) in [6.45, 7) is 1.68. The molecule has 0 saturated carbocycles. The van der Waals surface area contributed by atoms with Crippen molar-refractivity contribution in [3.05, 3.63) is 29.8 Å². The monoisotopic (exact) mass is 155 g/mol. The predicted molar refractivity (Wildman–Crippen MR) is 39.6 cm³/mol. The topological polar surface area (TPSA) is 33.1 Å². The van der Waals surface area contributed by atoms with Gasteiger partial charge in [-0.3, -0.25) is 0 Å². The average molecular weight is 155 g/mol. The Morgan fingerprint density at radius 2 is 2.36 bits per heavy atom. The summed E-state index contributed by atoms with van der Waals surface area (Å²) in [5.74, 6) is -0.487. The van der Waals surface area contributed by atoms with Crippen molar-refractivity contribution in [1.29, 1.82) is 0 Å². The smallest absolute Gasteiger partial charge is 0.212 e. The molecule has 2 nitrogen and oxygen atoms in total. The predicted octanol–water partition coefficient (Wildman–Crippen LogP) is 1.14. The van der Waals surface area contributed by atoms with Crippen LogP contribution in [0.25, 0.3) is 0 Å². The molecule has 0 fully saturated rings. The first-order valence-corrected chi connectivity index (χ1v) is 3.47. The lowest BCUT2D eigenvalue weighted by Gasteiger charge is -2.02. The largest absolute Gasteiger partial charge is 0.393 e. The minimum atomic E-state index is -0.487. The summed E-state index contributed by atoms with van der Waals surface area (Å²) in [5, 5.41) is 8.95. The Kier molecular flexibility index (Phi) is 2.54. The maximum atomic E-state index is 12.3. The summed E-state index contributed by atoms with van der Waals surface area (Å²) in [6, 6.07) is 2.91. The van der Waals surface area contributed by atoms with Gasteiger partial charge in [0.25, 0.3) is 0 Å². The molecule has 0 spiro atoms. The normalized spacial score (nSPS) is 13.0. The highest BCUT2D eigenvalue weighted by molar-refractivity contribution is 5.09. The fourth-order valence-electron chi connectivity index (χ4n) is 0.868. The van der Waals surface area contributed by atoms with Gasteiger partial charge in [0.15, 0.2) is 0 Å². The van der Waals surface area contributed by atoms with Crippen molar-refractivity contribution in [1.82, 2.24) is 4.98 Å². The first-order valence-electron chi connectivity index (χ1n) is 3.47. The van der Waals surface area contributed by atoms with Crippen molar-refractivity contribution in [3.63, 3.8) is 0 Å². The van der Waals surface area contributed by atoms with E-state index in [1.807, 2.05) is 0 Å². The molecule has 0 aliphatic heterocycles. The number of nitrogens with zero attached hydrogens (tertiary/aromatic N) is 1. The van der Waals surface area contributed by atoms with Crippen LogP contribution in [0.5, 0.6) is 0 Å². The van der Waals surface area contributed by atoms with Crippen LogP contribution < -0.4 is 0 Å². The van der Waals surface area contributed by atoms with E-state index in [-0.39, 0.29) is 0 Å². The van der Waals surface area contributed by atoms with Crippen LogP contribution in [0.15, 0.2) is 18.3 Å². The van der Waals surface area contributed by atoms with Gasteiger partial charge in [0.2, 0.25) is 5.95 Å². The number of aromatic nitrogens is 1. The molecule has 1 N–H and O–H groups in total. The molecule has 0 amide bonds. The number of halogens is 1. The van der Waals surface area contributed by atoms with Crippen molar-refractivity contribution in [2.24, 2.45) is 0 Å². The third-order valence-corrected chi connectivity index (χ3v) is 1.32. The molecule has 1 heterocycles. The van der Waals surface area contributed by atoms with Crippen LogP contribution >= 0.6 is 0 Å². The molecule has 0 aliphatic rings. The molecule has 60 valence electrons. The molecule has 1 unspecified atom stereocenters. The van der Waals surface area contributed by atoms with Crippen LogP contribution in [0.3, 0.4) is 0 Å². The third kappa shape index (κ3) is 2.63. The second-order valence-corrected chi connectivity index (χ2v) is 2.54. The van der Waals surface area contributed by atoms with Gasteiger partial charge >= 0.3 is 0 Å². The molecule has 0 aromatic carbocycles. The summed E-state index contributed by atoms with van der Waals surface area (Å²) in [4.78, 5) is 3.45. The van der Waals surface area contributed by atoms with E-state index in [0.29, 0.717) is 6.42 Å². The molecule has 1 rings (SSSR count). The highest BCUT2D eigenvalue weighted by atomic mass is 19.1. The fourth-order valence-corrected chi connectivity index (χ4v) is 0.868. The minimum absolute atomic E-state index is 0.401. The van der Waals surface area contributed by atoms with Gasteiger partial charge in [0, 0.05) is 6.20 Å². The van der Waals surface area contributed by atoms with Crippen LogP contribution in [0, 0.1) is 5.95 Å². The van der Waals surface area contributed by atoms with Crippen molar-refractivity contribution < 1.29 is 9.50 Å². The number of aliphatic hydroxyl groups is 1. The van der Waals surface area contributed by atoms with E-state index in [2.05, 4.69) is 4.98 Å². The Balaban J connectivity index is 2.66. The highest BCUT2D eigenvalue weighted by Crippen LogP contribution is 2.02. The Bertz CT molecular complexity index is 220. The Labute approximate surface area is 64.7 Å². The molecule has 1 aromatic rings. The van der Waals surface area contributed by atoms with Crippen LogP contribution in [-0.2, 0) is 6.42 Å². The first-order chi connectivity index (χ1) is 5.18. The lowest BCUT2D eigenvalue weighted by molar-refractivity contribution is 0.195. The zero-order chi connectivity index (χ0) is 8.27. The molecule has 1 atom stereocenters. The molecule has 0 aliphatic carbocycles. The van der Waals surface area contributed by atoms with Gasteiger partial charge in [-0.25, -0.2) is 4.98 Å². The van der Waals surface area contributed by atoms with Crippen molar-refractivity contribution >= 4 is 0 Å². The van der Waals surface area contributed by atoms with Crippen LogP contribution in [0.4, 0.5) is 4.39 Å². The van der Waals surface area contributed by atoms with Crippen molar-refractivity contribution in [2.45, 2.75) is 19.4 Å². The lowest BCUT2D eigenvalue weighted by Crippen LogP contribution is -2.04. The number of hydrogen-bond donors (Lipinski definition) is 1. The van der Waals surface area contributed by atoms with Crippen LogP contribution in [0.1, 0.15) is 12.5 Å². The number of pyridine rings is 1. The SMILES string of the molecule is CC(O)Cc1ccc(F)nc1. The summed E-state index contributed by atoms with van der Waals surface area (Å²) in [6.07, 6.45) is 1.55. The maximum absolute atomic E-state index is 12.3. The van der Waals surface area contributed by atoms with E-state index in [1.54, 1.807) is 13.0 Å². The third-order valence-electron chi connectivity index (χ3n) is 1.32. The van der Waals surface area contributed by atoms with Gasteiger partial charge in [-0.05, 0) is 25.0 Å². The summed E-state index contributed by atoms with van der Waals surface area (Å²) < 4.78 is 12.3.